The first-order valence-electron chi connectivity index (χ1n) is 5.17. The molecule has 7 heteroatoms. The Hall–Kier alpha value is -1.34. The van der Waals surface area contributed by atoms with Gasteiger partial charge in [0, 0.05) is 18.6 Å². The fraction of sp³-hybridized carbons (Fsp3) is 0.182. The number of para-hydroxylation sites is 1. The Morgan fingerprint density at radius 3 is 2.72 bits per heavy atom. The molecular weight excluding hydrogens is 318 g/mol. The molecule has 1 heterocycles. The van der Waals surface area contributed by atoms with Crippen LogP contribution in [-0.2, 0) is 22.4 Å². The summed E-state index contributed by atoms with van der Waals surface area (Å²) in [7, 11) is -1.91. The maximum atomic E-state index is 12.1. The van der Waals surface area contributed by atoms with Gasteiger partial charge in [-0.25, -0.2) is 4.98 Å². The third kappa shape index (κ3) is 2.73. The molecule has 0 saturated heterocycles. The second kappa shape index (κ2) is 5.11. The van der Waals surface area contributed by atoms with Crippen molar-refractivity contribution in [3.05, 3.63) is 42.4 Å². The van der Waals surface area contributed by atoms with Gasteiger partial charge in [-0.05, 0) is 11.6 Å². The van der Waals surface area contributed by atoms with Crippen LogP contribution in [-0.4, -0.2) is 18.0 Å². The molecular formula is C11H12BrN3O2S. The summed E-state index contributed by atoms with van der Waals surface area (Å²) in [6.07, 6.45) is 2.91. The highest BCUT2D eigenvalue weighted by atomic mass is 79.9. The molecule has 18 heavy (non-hydrogen) atoms. The minimum atomic E-state index is -3.63. The highest BCUT2D eigenvalue weighted by Gasteiger charge is 2.18. The first-order valence-corrected chi connectivity index (χ1v) is 7.78. The van der Waals surface area contributed by atoms with E-state index < -0.39 is 10.0 Å². The van der Waals surface area contributed by atoms with Gasteiger partial charge in [0.1, 0.15) is 0 Å². The van der Waals surface area contributed by atoms with Crippen molar-refractivity contribution in [3.8, 4) is 0 Å². The molecule has 0 aliphatic heterocycles. The number of nitrogens with zero attached hydrogens (tertiary/aromatic N) is 2. The number of nitrogens with one attached hydrogen (secondary N) is 1. The first-order chi connectivity index (χ1) is 8.53. The predicted molar refractivity (Wildman–Crippen MR) is 73.1 cm³/mol. The number of anilines is 1. The van der Waals surface area contributed by atoms with Crippen LogP contribution in [0, 0.1) is 0 Å². The maximum Gasteiger partial charge on any atom is 0.280 e. The molecule has 1 N–H and O–H groups in total. The largest absolute Gasteiger partial charge is 0.339 e. The number of aryl methyl sites for hydroxylation is 1. The summed E-state index contributed by atoms with van der Waals surface area (Å²) in [6.45, 7) is 0. The molecule has 0 bridgehead atoms. The summed E-state index contributed by atoms with van der Waals surface area (Å²) in [5, 5.41) is 0.586. The SMILES string of the molecule is Cn1cnc(S(=O)(=O)Nc2ccccc2CBr)c1. The fourth-order valence-corrected chi connectivity index (χ4v) is 3.03. The van der Waals surface area contributed by atoms with Crippen molar-refractivity contribution in [1.29, 1.82) is 0 Å². The molecule has 2 aromatic rings. The molecule has 1 aromatic heterocycles. The lowest BCUT2D eigenvalue weighted by Crippen LogP contribution is -2.14. The molecule has 0 atom stereocenters. The summed E-state index contributed by atoms with van der Waals surface area (Å²) in [5.74, 6) is 0. The second-order valence-corrected chi connectivity index (χ2v) is 5.96. The first kappa shape index (κ1) is 13.1. The molecule has 5 nitrogen and oxygen atoms in total. The Balaban J connectivity index is 2.33. The molecule has 2 rings (SSSR count). The van der Waals surface area contributed by atoms with Crippen LogP contribution < -0.4 is 4.72 Å². The molecule has 0 amide bonds. The number of imidazole rings is 1. The molecule has 0 unspecified atom stereocenters. The zero-order valence-corrected chi connectivity index (χ0v) is 12.1. The fourth-order valence-electron chi connectivity index (χ4n) is 1.46. The Bertz CT molecular complexity index is 652. The van der Waals surface area contributed by atoms with Crippen molar-refractivity contribution in [2.75, 3.05) is 4.72 Å². The number of sulfonamides is 1. The van der Waals surface area contributed by atoms with Crippen LogP contribution in [0.1, 0.15) is 5.56 Å². The number of benzene rings is 1. The van der Waals surface area contributed by atoms with Gasteiger partial charge in [-0.3, -0.25) is 4.72 Å². The Kier molecular flexibility index (Phi) is 3.72. The summed E-state index contributed by atoms with van der Waals surface area (Å²) >= 11 is 3.32. The number of hydrogen-bond acceptors (Lipinski definition) is 3. The highest BCUT2D eigenvalue weighted by molar-refractivity contribution is 9.08. The van der Waals surface area contributed by atoms with Gasteiger partial charge in [0.05, 0.1) is 12.0 Å². The molecule has 96 valence electrons. The second-order valence-electron chi connectivity index (χ2n) is 3.77. The lowest BCUT2D eigenvalue weighted by Gasteiger charge is -2.09. The van der Waals surface area contributed by atoms with Crippen LogP contribution in [0.3, 0.4) is 0 Å². The van der Waals surface area contributed by atoms with E-state index in [1.807, 2.05) is 12.1 Å². The van der Waals surface area contributed by atoms with E-state index in [-0.39, 0.29) is 5.03 Å². The van der Waals surface area contributed by atoms with E-state index >= 15 is 0 Å². The Morgan fingerprint density at radius 2 is 2.11 bits per heavy atom. The molecule has 0 fully saturated rings. The summed E-state index contributed by atoms with van der Waals surface area (Å²) < 4.78 is 28.3. The molecule has 0 saturated carbocycles. The minimum absolute atomic E-state index is 0.00868. The van der Waals surface area contributed by atoms with Crippen molar-refractivity contribution in [2.45, 2.75) is 10.4 Å². The van der Waals surface area contributed by atoms with Crippen molar-refractivity contribution >= 4 is 31.6 Å². The van der Waals surface area contributed by atoms with Gasteiger partial charge >= 0.3 is 0 Å². The van der Waals surface area contributed by atoms with Crippen molar-refractivity contribution in [1.82, 2.24) is 9.55 Å². The lowest BCUT2D eigenvalue weighted by molar-refractivity contribution is 0.598. The van der Waals surface area contributed by atoms with E-state index in [0.29, 0.717) is 11.0 Å². The third-order valence-electron chi connectivity index (χ3n) is 2.36. The van der Waals surface area contributed by atoms with Crippen molar-refractivity contribution in [2.24, 2.45) is 7.05 Å². The van der Waals surface area contributed by atoms with E-state index in [1.54, 1.807) is 23.7 Å². The highest BCUT2D eigenvalue weighted by Crippen LogP contribution is 2.21. The van der Waals surface area contributed by atoms with Gasteiger partial charge in [0.15, 0.2) is 5.03 Å². The number of halogens is 1. The predicted octanol–water partition coefficient (Wildman–Crippen LogP) is 2.12. The lowest BCUT2D eigenvalue weighted by atomic mass is 10.2. The van der Waals surface area contributed by atoms with Gasteiger partial charge < -0.3 is 4.57 Å². The molecule has 1 aromatic carbocycles. The minimum Gasteiger partial charge on any atom is -0.339 e. The standard InChI is InChI=1S/C11H12BrN3O2S/c1-15-7-11(13-8-15)18(16,17)14-10-5-3-2-4-9(10)6-12/h2-5,7-8,14H,6H2,1H3. The summed E-state index contributed by atoms with van der Waals surface area (Å²) in [6, 6.07) is 7.21. The van der Waals surface area contributed by atoms with Gasteiger partial charge in [0.25, 0.3) is 10.0 Å². The van der Waals surface area contributed by atoms with E-state index in [4.69, 9.17) is 0 Å². The van der Waals surface area contributed by atoms with Gasteiger partial charge in [-0.2, -0.15) is 8.42 Å². The third-order valence-corrected chi connectivity index (χ3v) is 4.22. The van der Waals surface area contributed by atoms with Crippen LogP contribution in [0.4, 0.5) is 5.69 Å². The quantitative estimate of drug-likeness (QED) is 0.874. The zero-order valence-electron chi connectivity index (χ0n) is 9.67. The summed E-state index contributed by atoms with van der Waals surface area (Å²) in [4.78, 5) is 3.84. The number of hydrogen-bond donors (Lipinski definition) is 1. The molecule has 0 aliphatic carbocycles. The van der Waals surface area contributed by atoms with Crippen molar-refractivity contribution in [3.63, 3.8) is 0 Å². The van der Waals surface area contributed by atoms with E-state index in [0.717, 1.165) is 5.56 Å². The van der Waals surface area contributed by atoms with Gasteiger partial charge in [-0.15, -0.1) is 0 Å². The monoisotopic (exact) mass is 329 g/mol. The Morgan fingerprint density at radius 1 is 1.39 bits per heavy atom. The van der Waals surface area contributed by atoms with Crippen LogP contribution in [0.5, 0.6) is 0 Å². The van der Waals surface area contributed by atoms with Crippen molar-refractivity contribution < 1.29 is 8.42 Å². The normalized spacial score (nSPS) is 11.4. The topological polar surface area (TPSA) is 64.0 Å². The maximum absolute atomic E-state index is 12.1. The van der Waals surface area contributed by atoms with Crippen LogP contribution in [0.15, 0.2) is 41.8 Å². The average Bonchev–Trinajstić information content (AvgIpc) is 2.77. The number of alkyl halides is 1. The van der Waals surface area contributed by atoms with Gasteiger partial charge in [-0.1, -0.05) is 34.1 Å². The van der Waals surface area contributed by atoms with Crippen LogP contribution in [0.2, 0.25) is 0 Å². The zero-order chi connectivity index (χ0) is 13.2. The van der Waals surface area contributed by atoms with Gasteiger partial charge in [0.2, 0.25) is 0 Å². The smallest absolute Gasteiger partial charge is 0.280 e. The number of rotatable bonds is 4. The number of aromatic nitrogens is 2. The molecule has 0 spiro atoms. The van der Waals surface area contributed by atoms with E-state index in [9.17, 15) is 8.42 Å². The molecule has 0 radical (unpaired) electrons. The van der Waals surface area contributed by atoms with E-state index in [1.165, 1.54) is 12.5 Å². The van der Waals surface area contributed by atoms with Crippen LogP contribution >= 0.6 is 15.9 Å². The van der Waals surface area contributed by atoms with Crippen LogP contribution in [0.25, 0.3) is 0 Å². The Labute approximate surface area is 114 Å². The molecule has 0 aliphatic rings. The summed E-state index contributed by atoms with van der Waals surface area (Å²) in [5.41, 5.74) is 1.43. The average molecular weight is 330 g/mol. The van der Waals surface area contributed by atoms with E-state index in [2.05, 4.69) is 25.6 Å².